The van der Waals surface area contributed by atoms with E-state index in [2.05, 4.69) is 5.32 Å². The fourth-order valence-corrected chi connectivity index (χ4v) is 5.42. The first-order valence-corrected chi connectivity index (χ1v) is 10.1. The zero-order valence-electron chi connectivity index (χ0n) is 13.8. The van der Waals surface area contributed by atoms with Crippen LogP contribution in [0, 0.1) is 0 Å². The summed E-state index contributed by atoms with van der Waals surface area (Å²) in [6.07, 6.45) is 1.86. The molecule has 0 atom stereocenters. The Hall–Kier alpha value is -2.62. The van der Waals surface area contributed by atoms with Gasteiger partial charge in [-0.3, -0.25) is 0 Å². The topological polar surface area (TPSA) is 71.3 Å². The number of hydrogen-bond donors (Lipinski definition) is 2. The summed E-state index contributed by atoms with van der Waals surface area (Å²) in [5.41, 5.74) is 2.15. The molecule has 129 valence electrons. The number of aliphatic hydroxyl groups is 1. The van der Waals surface area contributed by atoms with E-state index in [-0.39, 0.29) is 18.4 Å². The van der Waals surface area contributed by atoms with Crippen LogP contribution in [0.3, 0.4) is 0 Å². The number of carbonyl (C=O) groups excluding carboxylic acids is 2. The van der Waals surface area contributed by atoms with Gasteiger partial charge in [0.1, 0.15) is 0 Å². The van der Waals surface area contributed by atoms with E-state index in [9.17, 15) is 14.7 Å². The van der Waals surface area contributed by atoms with Crippen LogP contribution < -0.4 is 9.67 Å². The van der Waals surface area contributed by atoms with Gasteiger partial charge in [0.2, 0.25) is 0 Å². The summed E-state index contributed by atoms with van der Waals surface area (Å²) < 4.78 is 3.56. The third kappa shape index (κ3) is 2.89. The summed E-state index contributed by atoms with van der Waals surface area (Å²) in [4.78, 5) is 25.0. The predicted octanol–water partition coefficient (Wildman–Crippen LogP) is 1.03. The summed E-state index contributed by atoms with van der Waals surface area (Å²) >= 11 is -0.604. The van der Waals surface area contributed by atoms with E-state index in [1.54, 1.807) is 0 Å². The number of rotatable bonds is 5. The number of amides is 2. The summed E-state index contributed by atoms with van der Waals surface area (Å²) in [5, 5.41) is 12.7. The second-order valence-corrected chi connectivity index (χ2v) is 8.42. The number of benzene rings is 2. The molecule has 2 heterocycles. The van der Waals surface area contributed by atoms with Crippen molar-refractivity contribution < 1.29 is 14.7 Å². The van der Waals surface area contributed by atoms with E-state index in [4.69, 9.17) is 0 Å². The van der Waals surface area contributed by atoms with Crippen LogP contribution in [0.25, 0.3) is 16.5 Å². The molecule has 2 amide bonds. The van der Waals surface area contributed by atoms with E-state index in [0.717, 1.165) is 20.8 Å². The summed E-state index contributed by atoms with van der Waals surface area (Å²) in [6, 6.07) is 17.5. The van der Waals surface area contributed by atoms with Gasteiger partial charge >= 0.3 is 157 Å². The Morgan fingerprint density at radius 3 is 2.46 bits per heavy atom. The number of para-hydroxylation sites is 1. The van der Waals surface area contributed by atoms with Crippen LogP contribution in [0.5, 0.6) is 0 Å². The molecular formula is C20H16AsN2O3. The molecule has 3 aromatic rings. The molecule has 4 rings (SSSR count). The van der Waals surface area contributed by atoms with Crippen molar-refractivity contribution in [3.63, 3.8) is 0 Å². The average molecular weight is 407 g/mol. The fourth-order valence-electron chi connectivity index (χ4n) is 3.17. The Morgan fingerprint density at radius 2 is 1.69 bits per heavy atom. The van der Waals surface area contributed by atoms with Crippen LogP contribution in [0.2, 0.25) is 0 Å². The monoisotopic (exact) mass is 407 g/mol. The Balaban J connectivity index is 1.90. The van der Waals surface area contributed by atoms with Gasteiger partial charge in [-0.15, -0.1) is 0 Å². The van der Waals surface area contributed by atoms with E-state index >= 15 is 0 Å². The number of nitrogens with one attached hydrogen (secondary N) is 1. The molecule has 1 aromatic heterocycles. The Morgan fingerprint density at radius 1 is 0.962 bits per heavy atom. The van der Waals surface area contributed by atoms with Crippen LogP contribution in [0.4, 0.5) is 0 Å². The van der Waals surface area contributed by atoms with Gasteiger partial charge in [-0.25, -0.2) is 0 Å². The van der Waals surface area contributed by atoms with Gasteiger partial charge in [-0.1, -0.05) is 0 Å². The second-order valence-electron chi connectivity index (χ2n) is 5.93. The second kappa shape index (κ2) is 6.94. The van der Waals surface area contributed by atoms with E-state index in [1.165, 1.54) is 0 Å². The van der Waals surface area contributed by atoms with E-state index in [0.29, 0.717) is 16.5 Å². The third-order valence-electron chi connectivity index (χ3n) is 4.30. The maximum atomic E-state index is 12.6. The normalized spacial score (nSPS) is 14.8. The Bertz CT molecular complexity index is 1040. The van der Waals surface area contributed by atoms with Gasteiger partial charge in [-0.05, 0) is 0 Å². The van der Waals surface area contributed by atoms with Crippen molar-refractivity contribution in [3.8, 4) is 0 Å². The molecule has 5 nitrogen and oxygen atoms in total. The summed E-state index contributed by atoms with van der Waals surface area (Å²) in [5.74, 6) is -0.643. The van der Waals surface area contributed by atoms with Crippen molar-refractivity contribution >= 4 is 48.4 Å². The summed E-state index contributed by atoms with van der Waals surface area (Å²) in [7, 11) is 0. The molecule has 1 aliphatic rings. The van der Waals surface area contributed by atoms with E-state index in [1.807, 2.05) is 65.4 Å². The first-order valence-electron chi connectivity index (χ1n) is 8.25. The molecule has 26 heavy (non-hydrogen) atoms. The molecule has 0 saturated heterocycles. The number of aliphatic hydroxyl groups excluding tert-OH is 1. The van der Waals surface area contributed by atoms with Crippen LogP contribution in [0.1, 0.15) is 5.56 Å². The molecule has 0 bridgehead atoms. The van der Waals surface area contributed by atoms with Crippen molar-refractivity contribution in [2.75, 3.05) is 6.61 Å². The maximum absolute atomic E-state index is 12.6. The number of nitrogens with zero attached hydrogens (tertiary/aromatic N) is 1. The molecule has 0 aliphatic carbocycles. The van der Waals surface area contributed by atoms with Crippen molar-refractivity contribution in [3.05, 3.63) is 70.7 Å². The van der Waals surface area contributed by atoms with Gasteiger partial charge in [0.05, 0.1) is 0 Å². The first kappa shape index (κ1) is 16.8. The molecule has 0 spiro atoms. The van der Waals surface area contributed by atoms with E-state index < -0.39 is 15.8 Å². The van der Waals surface area contributed by atoms with Crippen molar-refractivity contribution in [2.24, 2.45) is 0 Å². The fraction of sp³-hybridized carbons (Fsp3) is 0.100. The minimum absolute atomic E-state index is 0.00503. The minimum atomic E-state index is -0.604. The number of fused-ring (bicyclic) bond motifs is 1. The predicted molar refractivity (Wildman–Crippen MR) is 101 cm³/mol. The molecule has 0 saturated carbocycles. The zero-order valence-corrected chi connectivity index (χ0v) is 15.7. The van der Waals surface area contributed by atoms with Gasteiger partial charge in [0.25, 0.3) is 0 Å². The van der Waals surface area contributed by atoms with Crippen LogP contribution in [-0.4, -0.2) is 43.8 Å². The van der Waals surface area contributed by atoms with Crippen molar-refractivity contribution in [1.29, 1.82) is 0 Å². The molecule has 1 aliphatic heterocycles. The number of aromatic nitrogens is 1. The Kier molecular flexibility index (Phi) is 4.49. The Labute approximate surface area is 157 Å². The van der Waals surface area contributed by atoms with Gasteiger partial charge in [0, 0.05) is 0 Å². The van der Waals surface area contributed by atoms with Crippen molar-refractivity contribution in [2.45, 2.75) is 6.54 Å². The van der Waals surface area contributed by atoms with Gasteiger partial charge in [0.15, 0.2) is 0 Å². The quantitative estimate of drug-likeness (QED) is 0.491. The van der Waals surface area contributed by atoms with Crippen LogP contribution >= 0.6 is 0 Å². The number of imide groups is 1. The molecular weight excluding hydrogens is 391 g/mol. The third-order valence-corrected chi connectivity index (χ3v) is 6.83. The summed E-state index contributed by atoms with van der Waals surface area (Å²) in [6.45, 7) is 0.441. The molecule has 6 heteroatoms. The number of hydrogen-bond acceptors (Lipinski definition) is 3. The number of carbonyl (C=O) groups is 2. The van der Waals surface area contributed by atoms with Crippen LogP contribution in [0.15, 0.2) is 65.2 Å². The van der Waals surface area contributed by atoms with Crippen molar-refractivity contribution in [1.82, 2.24) is 9.88 Å². The van der Waals surface area contributed by atoms with Gasteiger partial charge < -0.3 is 0 Å². The molecule has 1 radical (unpaired) electrons. The standard InChI is InChI=1S/C20H16AsN2O3/c24-11-10-23-12-15(14-8-4-5-9-16(14)23)17-18(20(26)22-19(17)25)21-13-6-2-1-3-7-13/h1-9,12,24H,10-11H2,(H,22,25,26). The zero-order chi connectivity index (χ0) is 18.1. The molecule has 2 aromatic carbocycles. The average Bonchev–Trinajstić information content (AvgIpc) is 3.14. The molecule has 0 unspecified atom stereocenters. The SMILES string of the molecule is O=C1NC(=O)C(c2cn(CCO)c3ccccc23)=C1[As]c1ccccc1. The first-order chi connectivity index (χ1) is 12.7. The molecule has 0 fully saturated rings. The van der Waals surface area contributed by atoms with Crippen LogP contribution in [-0.2, 0) is 16.1 Å². The van der Waals surface area contributed by atoms with Gasteiger partial charge in [-0.2, -0.15) is 0 Å². The molecule has 2 N–H and O–H groups in total.